The van der Waals surface area contributed by atoms with E-state index >= 15 is 0 Å². The quantitative estimate of drug-likeness (QED) is 0.454. The fraction of sp³-hybridized carbons (Fsp3) is 0.500. The fourth-order valence-corrected chi connectivity index (χ4v) is 1.16. The van der Waals surface area contributed by atoms with Gasteiger partial charge in [-0.15, -0.1) is 0 Å². The summed E-state index contributed by atoms with van der Waals surface area (Å²) in [5.74, 6) is 0. The average Bonchev–Trinajstić information content (AvgIpc) is 2.33. The first-order chi connectivity index (χ1) is 4.47. The number of nitrogens with one attached hydrogen (secondary N) is 2. The highest BCUT2D eigenvalue weighted by Crippen LogP contribution is 2.06. The van der Waals surface area contributed by atoms with Crippen LogP contribution in [-0.4, -0.2) is 24.8 Å². The van der Waals surface area contributed by atoms with Gasteiger partial charge in [0.2, 0.25) is 0 Å². The van der Waals surface area contributed by atoms with Crippen molar-refractivity contribution < 1.29 is 0 Å². The van der Waals surface area contributed by atoms with E-state index in [-0.39, 0.29) is 0 Å². The van der Waals surface area contributed by atoms with Crippen LogP contribution in [0.15, 0.2) is 17.1 Å². The number of fused-ring (bicyclic) bond motifs is 1. The maximum absolute atomic E-state index is 4.25. The molecule has 2 aliphatic rings. The first-order valence-electron chi connectivity index (χ1n) is 3.15. The second kappa shape index (κ2) is 1.93. The lowest BCUT2D eigenvalue weighted by molar-refractivity contribution is 0.611. The van der Waals surface area contributed by atoms with E-state index in [0.717, 1.165) is 6.54 Å². The van der Waals surface area contributed by atoms with Crippen LogP contribution in [0.25, 0.3) is 0 Å². The molecule has 2 atom stereocenters. The van der Waals surface area contributed by atoms with Gasteiger partial charge in [0.15, 0.2) is 0 Å². The van der Waals surface area contributed by atoms with Gasteiger partial charge in [-0.05, 0) is 6.08 Å². The van der Waals surface area contributed by atoms with Crippen molar-refractivity contribution in [1.82, 2.24) is 10.9 Å². The summed E-state index contributed by atoms with van der Waals surface area (Å²) in [5.41, 5.74) is 6.16. The van der Waals surface area contributed by atoms with Crippen molar-refractivity contribution >= 4 is 6.21 Å². The minimum atomic E-state index is 0.426. The monoisotopic (exact) mass is 123 g/mol. The largest absolute Gasteiger partial charge is 0.286 e. The molecule has 2 heterocycles. The summed E-state index contributed by atoms with van der Waals surface area (Å²) >= 11 is 0. The number of dihydropyridines is 1. The van der Waals surface area contributed by atoms with Crippen LogP contribution in [0.2, 0.25) is 0 Å². The predicted molar refractivity (Wildman–Crippen MR) is 36.3 cm³/mol. The normalized spacial score (nSPS) is 39.1. The van der Waals surface area contributed by atoms with Crippen LogP contribution in [0.3, 0.4) is 0 Å². The molecule has 0 saturated carbocycles. The summed E-state index contributed by atoms with van der Waals surface area (Å²) in [6.07, 6.45) is 5.95. The lowest BCUT2D eigenvalue weighted by atomic mass is 10.1. The Labute approximate surface area is 53.8 Å². The van der Waals surface area contributed by atoms with E-state index in [1.54, 1.807) is 0 Å². The SMILES string of the molecule is C1=CC2NNCC2N=C1. The van der Waals surface area contributed by atoms with Crippen LogP contribution in [-0.2, 0) is 0 Å². The van der Waals surface area contributed by atoms with E-state index in [1.165, 1.54) is 0 Å². The molecule has 0 aromatic carbocycles. The minimum absolute atomic E-state index is 0.426. The summed E-state index contributed by atoms with van der Waals surface area (Å²) in [7, 11) is 0. The van der Waals surface area contributed by atoms with Gasteiger partial charge in [0.05, 0.1) is 12.1 Å². The highest BCUT2D eigenvalue weighted by molar-refractivity contribution is 5.72. The molecule has 0 aromatic rings. The zero-order chi connectivity index (χ0) is 6.10. The van der Waals surface area contributed by atoms with Gasteiger partial charge in [0.1, 0.15) is 0 Å². The van der Waals surface area contributed by atoms with Crippen LogP contribution in [0.4, 0.5) is 0 Å². The van der Waals surface area contributed by atoms with Crippen molar-refractivity contribution in [2.75, 3.05) is 6.54 Å². The van der Waals surface area contributed by atoms with Crippen LogP contribution >= 0.6 is 0 Å². The Morgan fingerprint density at radius 3 is 3.44 bits per heavy atom. The third-order valence-corrected chi connectivity index (χ3v) is 1.68. The molecule has 0 aromatic heterocycles. The number of aliphatic imine (C=N–C) groups is 1. The second-order valence-electron chi connectivity index (χ2n) is 2.30. The highest BCUT2D eigenvalue weighted by atomic mass is 15.4. The molecule has 2 aliphatic heterocycles. The number of hydrogen-bond acceptors (Lipinski definition) is 3. The zero-order valence-corrected chi connectivity index (χ0v) is 5.04. The molecule has 0 amide bonds. The smallest absolute Gasteiger partial charge is 0.0839 e. The van der Waals surface area contributed by atoms with E-state index in [0.29, 0.717) is 12.1 Å². The number of hydrogen-bond donors (Lipinski definition) is 2. The summed E-state index contributed by atoms with van der Waals surface area (Å²) in [6, 6.07) is 0.852. The van der Waals surface area contributed by atoms with E-state index < -0.39 is 0 Å². The third-order valence-electron chi connectivity index (χ3n) is 1.68. The van der Waals surface area contributed by atoms with Crippen molar-refractivity contribution in [2.24, 2.45) is 4.99 Å². The van der Waals surface area contributed by atoms with Crippen LogP contribution in [0.5, 0.6) is 0 Å². The predicted octanol–water partition coefficient (Wildman–Crippen LogP) is -0.528. The van der Waals surface area contributed by atoms with Gasteiger partial charge in [-0.25, -0.2) is 5.43 Å². The molecule has 0 aliphatic carbocycles. The standard InChI is InChI=1S/C6H9N3/c1-2-5-6(7-3-1)4-8-9-5/h1-3,5-6,8-9H,4H2. The van der Waals surface area contributed by atoms with Crippen LogP contribution < -0.4 is 10.9 Å². The van der Waals surface area contributed by atoms with Gasteiger partial charge in [-0.2, -0.15) is 0 Å². The van der Waals surface area contributed by atoms with Crippen LogP contribution in [0.1, 0.15) is 0 Å². The second-order valence-corrected chi connectivity index (χ2v) is 2.30. The summed E-state index contributed by atoms with van der Waals surface area (Å²) in [4.78, 5) is 4.25. The van der Waals surface area contributed by atoms with Gasteiger partial charge in [0.25, 0.3) is 0 Å². The van der Waals surface area contributed by atoms with E-state index in [9.17, 15) is 0 Å². The molecule has 48 valence electrons. The van der Waals surface area contributed by atoms with Crippen LogP contribution in [0, 0.1) is 0 Å². The molecule has 1 saturated heterocycles. The molecule has 3 heteroatoms. The van der Waals surface area contributed by atoms with E-state index in [4.69, 9.17) is 0 Å². The molecule has 0 spiro atoms. The highest BCUT2D eigenvalue weighted by Gasteiger charge is 2.23. The van der Waals surface area contributed by atoms with Crippen molar-refractivity contribution in [2.45, 2.75) is 12.1 Å². The molecular weight excluding hydrogens is 114 g/mol. The summed E-state index contributed by atoms with van der Waals surface area (Å²) in [6.45, 7) is 0.950. The van der Waals surface area contributed by atoms with Gasteiger partial charge in [0, 0.05) is 12.8 Å². The summed E-state index contributed by atoms with van der Waals surface area (Å²) < 4.78 is 0. The Hall–Kier alpha value is -0.670. The van der Waals surface area contributed by atoms with Gasteiger partial charge in [-0.3, -0.25) is 10.4 Å². The Kier molecular flexibility index (Phi) is 1.10. The molecule has 1 fully saturated rings. The topological polar surface area (TPSA) is 36.4 Å². The molecule has 2 unspecified atom stereocenters. The third kappa shape index (κ3) is 0.781. The Morgan fingerprint density at radius 2 is 2.56 bits per heavy atom. The maximum Gasteiger partial charge on any atom is 0.0839 e. The number of nitrogens with zero attached hydrogens (tertiary/aromatic N) is 1. The van der Waals surface area contributed by atoms with Gasteiger partial charge >= 0.3 is 0 Å². The maximum atomic E-state index is 4.25. The van der Waals surface area contributed by atoms with E-state index in [2.05, 4.69) is 21.9 Å². The number of hydrazine groups is 1. The molecule has 9 heavy (non-hydrogen) atoms. The minimum Gasteiger partial charge on any atom is -0.286 e. The van der Waals surface area contributed by atoms with Gasteiger partial charge in [-0.1, -0.05) is 6.08 Å². The Bertz CT molecular complexity index is 144. The molecular formula is C6H9N3. The number of rotatable bonds is 0. The summed E-state index contributed by atoms with van der Waals surface area (Å²) in [5, 5.41) is 0. The fourth-order valence-electron chi connectivity index (χ4n) is 1.16. The van der Waals surface area contributed by atoms with Crippen molar-refractivity contribution in [3.8, 4) is 0 Å². The van der Waals surface area contributed by atoms with Crippen molar-refractivity contribution in [3.05, 3.63) is 12.2 Å². The van der Waals surface area contributed by atoms with Crippen molar-refractivity contribution in [1.29, 1.82) is 0 Å². The molecule has 0 bridgehead atoms. The molecule has 3 nitrogen and oxygen atoms in total. The van der Waals surface area contributed by atoms with Gasteiger partial charge < -0.3 is 0 Å². The first kappa shape index (κ1) is 5.14. The Morgan fingerprint density at radius 1 is 1.56 bits per heavy atom. The van der Waals surface area contributed by atoms with E-state index in [1.807, 2.05) is 12.3 Å². The molecule has 2 N–H and O–H groups in total. The van der Waals surface area contributed by atoms with Crippen molar-refractivity contribution in [3.63, 3.8) is 0 Å². The number of allylic oxidation sites excluding steroid dienone is 1. The zero-order valence-electron chi connectivity index (χ0n) is 5.04. The lowest BCUT2D eigenvalue weighted by Crippen LogP contribution is -2.31. The molecule has 0 radical (unpaired) electrons. The Balaban J connectivity index is 2.18. The lowest BCUT2D eigenvalue weighted by Gasteiger charge is -2.11. The first-order valence-corrected chi connectivity index (χ1v) is 3.15. The average molecular weight is 123 g/mol. The molecule has 2 rings (SSSR count).